The number of nitrogens with zero attached hydrogens (tertiary/aromatic N) is 2. The van der Waals surface area contributed by atoms with Gasteiger partial charge in [0.25, 0.3) is 5.91 Å². The Hall–Kier alpha value is -2.05. The summed E-state index contributed by atoms with van der Waals surface area (Å²) in [6.07, 6.45) is 5.02. The van der Waals surface area contributed by atoms with Crippen molar-refractivity contribution in [3.05, 3.63) is 42.7 Å². The van der Waals surface area contributed by atoms with Crippen LogP contribution in [0.3, 0.4) is 0 Å². The number of halogens is 1. The molecule has 0 saturated carbocycles. The maximum atomic E-state index is 13.0. The molecule has 3 rings (SSSR count). The van der Waals surface area contributed by atoms with Crippen LogP contribution in [0.2, 0.25) is 0 Å². The van der Waals surface area contributed by atoms with E-state index in [1.165, 1.54) is 0 Å². The summed E-state index contributed by atoms with van der Waals surface area (Å²) in [6.45, 7) is 4.18. The van der Waals surface area contributed by atoms with Gasteiger partial charge in [-0.25, -0.2) is 0 Å². The average Bonchev–Trinajstić information content (AvgIpc) is 3.12. The average molecular weight is 351 g/mol. The van der Waals surface area contributed by atoms with E-state index in [0.717, 1.165) is 37.4 Å². The summed E-state index contributed by atoms with van der Waals surface area (Å²) in [4.78, 5) is 13.0. The molecule has 2 N–H and O–H groups in total. The van der Waals surface area contributed by atoms with Crippen LogP contribution in [-0.2, 0) is 10.3 Å². The predicted octanol–water partition coefficient (Wildman–Crippen LogP) is 2.42. The lowest BCUT2D eigenvalue weighted by Crippen LogP contribution is -2.52. The van der Waals surface area contributed by atoms with E-state index in [-0.39, 0.29) is 18.3 Å². The van der Waals surface area contributed by atoms with Crippen molar-refractivity contribution in [3.63, 3.8) is 0 Å². The molecular formula is C17H23ClN4O2. The number of rotatable bonds is 5. The van der Waals surface area contributed by atoms with Gasteiger partial charge in [0.1, 0.15) is 11.3 Å². The highest BCUT2D eigenvalue weighted by molar-refractivity contribution is 5.96. The van der Waals surface area contributed by atoms with Gasteiger partial charge in [-0.1, -0.05) is 0 Å². The summed E-state index contributed by atoms with van der Waals surface area (Å²) in [5.74, 6) is 0.779. The first-order valence-electron chi connectivity index (χ1n) is 8.00. The highest BCUT2D eigenvalue weighted by atomic mass is 35.5. The van der Waals surface area contributed by atoms with Crippen molar-refractivity contribution < 1.29 is 9.53 Å². The van der Waals surface area contributed by atoms with E-state index < -0.39 is 5.54 Å². The summed E-state index contributed by atoms with van der Waals surface area (Å²) >= 11 is 0. The van der Waals surface area contributed by atoms with E-state index in [9.17, 15) is 4.79 Å². The van der Waals surface area contributed by atoms with Crippen LogP contribution < -0.4 is 15.4 Å². The molecule has 2 heterocycles. The summed E-state index contributed by atoms with van der Waals surface area (Å²) in [7, 11) is 0. The van der Waals surface area contributed by atoms with E-state index in [2.05, 4.69) is 15.7 Å². The largest absolute Gasteiger partial charge is 0.494 e. The van der Waals surface area contributed by atoms with Crippen LogP contribution in [0.15, 0.2) is 42.7 Å². The lowest BCUT2D eigenvalue weighted by atomic mass is 9.87. The molecule has 6 nitrogen and oxygen atoms in total. The van der Waals surface area contributed by atoms with Crippen molar-refractivity contribution in [3.8, 4) is 5.75 Å². The minimum Gasteiger partial charge on any atom is -0.494 e. The van der Waals surface area contributed by atoms with Gasteiger partial charge in [-0.2, -0.15) is 5.10 Å². The fourth-order valence-electron chi connectivity index (χ4n) is 2.97. The maximum absolute atomic E-state index is 13.0. The second-order valence-corrected chi connectivity index (χ2v) is 5.64. The summed E-state index contributed by atoms with van der Waals surface area (Å²) in [6, 6.07) is 9.31. The van der Waals surface area contributed by atoms with Crippen molar-refractivity contribution in [1.82, 2.24) is 15.1 Å². The minimum absolute atomic E-state index is 0. The number of hydrogen-bond acceptors (Lipinski definition) is 4. The van der Waals surface area contributed by atoms with Crippen molar-refractivity contribution in [2.45, 2.75) is 25.3 Å². The molecule has 1 aliphatic rings. The van der Waals surface area contributed by atoms with Crippen molar-refractivity contribution in [2.75, 3.05) is 25.0 Å². The quantitative estimate of drug-likeness (QED) is 0.869. The zero-order valence-corrected chi connectivity index (χ0v) is 14.5. The van der Waals surface area contributed by atoms with Gasteiger partial charge in [-0.15, -0.1) is 12.4 Å². The van der Waals surface area contributed by atoms with Crippen molar-refractivity contribution in [1.29, 1.82) is 0 Å². The van der Waals surface area contributed by atoms with Crippen LogP contribution in [0.25, 0.3) is 0 Å². The number of amides is 1. The van der Waals surface area contributed by atoms with Gasteiger partial charge in [0.15, 0.2) is 0 Å². The Bertz CT molecular complexity index is 637. The van der Waals surface area contributed by atoms with E-state index in [1.807, 2.05) is 43.5 Å². The van der Waals surface area contributed by atoms with Gasteiger partial charge in [0, 0.05) is 18.1 Å². The topological polar surface area (TPSA) is 68.2 Å². The molecule has 1 saturated heterocycles. The first-order valence-corrected chi connectivity index (χ1v) is 8.00. The molecule has 1 amide bonds. The monoisotopic (exact) mass is 350 g/mol. The number of aromatic nitrogens is 2. The van der Waals surface area contributed by atoms with Gasteiger partial charge in [0.2, 0.25) is 0 Å². The molecule has 0 unspecified atom stereocenters. The van der Waals surface area contributed by atoms with Crippen molar-refractivity contribution in [2.24, 2.45) is 0 Å². The molecule has 0 atom stereocenters. The molecule has 1 aliphatic heterocycles. The first kappa shape index (κ1) is 18.3. The van der Waals surface area contributed by atoms with Crippen molar-refractivity contribution >= 4 is 24.0 Å². The SMILES string of the molecule is CCOc1ccc(NC(=O)C2(n3cccn3)CCNCC2)cc1.Cl. The number of carbonyl (C=O) groups excluding carboxylic acids is 1. The van der Waals surface area contributed by atoms with Gasteiger partial charge < -0.3 is 15.4 Å². The van der Waals surface area contributed by atoms with Crippen LogP contribution in [0.1, 0.15) is 19.8 Å². The zero-order chi connectivity index (χ0) is 16.1. The number of ether oxygens (including phenoxy) is 1. The second kappa shape index (κ2) is 8.17. The maximum Gasteiger partial charge on any atom is 0.252 e. The molecule has 2 aromatic rings. The number of carbonyl (C=O) groups is 1. The Balaban J connectivity index is 0.00000208. The number of hydrogen-bond donors (Lipinski definition) is 2. The Morgan fingerprint density at radius 3 is 2.62 bits per heavy atom. The summed E-state index contributed by atoms with van der Waals surface area (Å²) < 4.78 is 7.22. The Labute approximate surface area is 148 Å². The Morgan fingerprint density at radius 2 is 2.04 bits per heavy atom. The molecule has 7 heteroatoms. The van der Waals surface area contributed by atoms with Gasteiger partial charge >= 0.3 is 0 Å². The van der Waals surface area contributed by atoms with E-state index >= 15 is 0 Å². The van der Waals surface area contributed by atoms with Crippen LogP contribution in [0.4, 0.5) is 5.69 Å². The van der Waals surface area contributed by atoms with Crippen LogP contribution in [0.5, 0.6) is 5.75 Å². The molecule has 1 aromatic heterocycles. The third-order valence-corrected chi connectivity index (χ3v) is 4.22. The minimum atomic E-state index is -0.632. The highest BCUT2D eigenvalue weighted by Crippen LogP contribution is 2.29. The van der Waals surface area contributed by atoms with Crippen LogP contribution in [-0.4, -0.2) is 35.4 Å². The Morgan fingerprint density at radius 1 is 1.33 bits per heavy atom. The molecule has 0 aliphatic carbocycles. The lowest BCUT2D eigenvalue weighted by molar-refractivity contribution is -0.126. The molecule has 1 fully saturated rings. The molecule has 130 valence electrons. The van der Waals surface area contributed by atoms with E-state index in [0.29, 0.717) is 6.61 Å². The normalized spacial score (nSPS) is 16.0. The third kappa shape index (κ3) is 3.71. The number of anilines is 1. The molecule has 1 aromatic carbocycles. The van der Waals surface area contributed by atoms with Crippen LogP contribution in [0, 0.1) is 0 Å². The fraction of sp³-hybridized carbons (Fsp3) is 0.412. The number of piperidine rings is 1. The smallest absolute Gasteiger partial charge is 0.252 e. The standard InChI is InChI=1S/C17H22N4O2.ClH/c1-2-23-15-6-4-14(5-7-15)20-16(22)17(8-11-18-12-9-17)21-13-3-10-19-21;/h3-7,10,13,18H,2,8-9,11-12H2,1H3,(H,20,22);1H. The fourth-order valence-corrected chi connectivity index (χ4v) is 2.97. The number of nitrogens with one attached hydrogen (secondary N) is 2. The van der Waals surface area contributed by atoms with E-state index in [4.69, 9.17) is 4.74 Å². The molecule has 24 heavy (non-hydrogen) atoms. The lowest BCUT2D eigenvalue weighted by Gasteiger charge is -2.36. The van der Waals surface area contributed by atoms with Crippen LogP contribution >= 0.6 is 12.4 Å². The highest BCUT2D eigenvalue weighted by Gasteiger charge is 2.41. The Kier molecular flexibility index (Phi) is 6.23. The zero-order valence-electron chi connectivity index (χ0n) is 13.7. The molecular weight excluding hydrogens is 328 g/mol. The number of benzene rings is 1. The van der Waals surface area contributed by atoms with Gasteiger partial charge in [-0.05, 0) is 63.2 Å². The van der Waals surface area contributed by atoms with E-state index in [1.54, 1.807) is 10.9 Å². The molecule has 0 radical (unpaired) electrons. The second-order valence-electron chi connectivity index (χ2n) is 5.64. The third-order valence-electron chi connectivity index (χ3n) is 4.22. The summed E-state index contributed by atoms with van der Waals surface area (Å²) in [5.41, 5.74) is 0.136. The summed E-state index contributed by atoms with van der Waals surface area (Å²) in [5, 5.41) is 10.7. The predicted molar refractivity (Wildman–Crippen MR) is 95.8 cm³/mol. The van der Waals surface area contributed by atoms with Gasteiger partial charge in [0.05, 0.1) is 6.61 Å². The molecule has 0 spiro atoms. The van der Waals surface area contributed by atoms with Gasteiger partial charge in [-0.3, -0.25) is 9.48 Å². The molecule has 0 bridgehead atoms. The first-order chi connectivity index (χ1) is 11.2.